The van der Waals surface area contributed by atoms with Crippen LogP contribution >= 0.6 is 11.8 Å². The van der Waals surface area contributed by atoms with Gasteiger partial charge in [-0.2, -0.15) is 11.8 Å². The van der Waals surface area contributed by atoms with Crippen molar-refractivity contribution in [1.29, 1.82) is 0 Å². The molecule has 0 atom stereocenters. The Labute approximate surface area is 157 Å². The number of hydrogen-bond acceptors (Lipinski definition) is 5. The third kappa shape index (κ3) is 4.82. The molecule has 2 heterocycles. The number of methoxy groups -OCH3 is 1. The second kappa shape index (κ2) is 8.80. The molecule has 0 radical (unpaired) electrons. The number of urea groups is 1. The second-order valence-corrected chi connectivity index (χ2v) is 7.28. The van der Waals surface area contributed by atoms with Crippen molar-refractivity contribution in [3.05, 3.63) is 42.6 Å². The first kappa shape index (κ1) is 18.4. The molecule has 0 bridgehead atoms. The molecule has 1 saturated heterocycles. The number of pyridine rings is 1. The van der Waals surface area contributed by atoms with Gasteiger partial charge in [-0.05, 0) is 42.5 Å². The number of benzene rings is 1. The van der Waals surface area contributed by atoms with Gasteiger partial charge in [-0.3, -0.25) is 0 Å². The summed E-state index contributed by atoms with van der Waals surface area (Å²) in [5.41, 5.74) is 0.644. The lowest BCUT2D eigenvalue weighted by atomic mass is 10.1. The number of thioether (sulfide) groups is 1. The van der Waals surface area contributed by atoms with E-state index in [1.54, 1.807) is 36.4 Å². The quantitative estimate of drug-likeness (QED) is 0.849. The zero-order valence-corrected chi connectivity index (χ0v) is 15.8. The van der Waals surface area contributed by atoms with Gasteiger partial charge in [0, 0.05) is 25.2 Å². The molecule has 0 aliphatic carbocycles. The molecule has 6 nitrogen and oxygen atoms in total. The number of amides is 2. The summed E-state index contributed by atoms with van der Waals surface area (Å²) in [6.45, 7) is 0. The predicted octanol–water partition coefficient (Wildman–Crippen LogP) is 4.24. The molecule has 3 rings (SSSR count). The molecule has 1 aliphatic heterocycles. The maximum Gasteiger partial charge on any atom is 0.321 e. The standard InChI is InChI=1S/C19H23N3O3S/c1-22(15-8-10-26-11-9-15)19(23)21-14-6-7-18(20-13-14)25-17-5-3-4-16(12-17)24-2/h3-7,12-13,15H,8-11H2,1-2H3,(H,21,23). The number of carbonyl (C=O) groups excluding carboxylic acids is 1. The smallest absolute Gasteiger partial charge is 0.321 e. The first-order chi connectivity index (χ1) is 12.7. The van der Waals surface area contributed by atoms with Gasteiger partial charge in [0.1, 0.15) is 11.5 Å². The lowest BCUT2D eigenvalue weighted by Gasteiger charge is -2.30. The largest absolute Gasteiger partial charge is 0.497 e. The average Bonchev–Trinajstić information content (AvgIpc) is 2.69. The fourth-order valence-electron chi connectivity index (χ4n) is 2.75. The molecule has 2 amide bonds. The van der Waals surface area contributed by atoms with E-state index >= 15 is 0 Å². The van der Waals surface area contributed by atoms with Crippen molar-refractivity contribution >= 4 is 23.5 Å². The van der Waals surface area contributed by atoms with E-state index in [4.69, 9.17) is 9.47 Å². The molecule has 0 saturated carbocycles. The van der Waals surface area contributed by atoms with Crippen molar-refractivity contribution in [3.63, 3.8) is 0 Å². The fraction of sp³-hybridized carbons (Fsp3) is 0.368. The van der Waals surface area contributed by atoms with Gasteiger partial charge in [0.05, 0.1) is 19.0 Å². The lowest BCUT2D eigenvalue weighted by molar-refractivity contribution is 0.200. The Morgan fingerprint density at radius 3 is 2.69 bits per heavy atom. The number of ether oxygens (including phenoxy) is 2. The first-order valence-electron chi connectivity index (χ1n) is 8.55. The molecular weight excluding hydrogens is 350 g/mol. The Morgan fingerprint density at radius 2 is 2.00 bits per heavy atom. The van der Waals surface area contributed by atoms with Gasteiger partial charge in [0.15, 0.2) is 0 Å². The van der Waals surface area contributed by atoms with Crippen LogP contribution < -0.4 is 14.8 Å². The van der Waals surface area contributed by atoms with Crippen molar-refractivity contribution in [2.24, 2.45) is 0 Å². The number of anilines is 1. The van der Waals surface area contributed by atoms with E-state index in [-0.39, 0.29) is 6.03 Å². The molecule has 2 aromatic rings. The minimum Gasteiger partial charge on any atom is -0.497 e. The van der Waals surface area contributed by atoms with Crippen LogP contribution in [0.5, 0.6) is 17.4 Å². The third-order valence-corrected chi connectivity index (χ3v) is 5.36. The molecule has 1 N–H and O–H groups in total. The monoisotopic (exact) mass is 373 g/mol. The molecular formula is C19H23N3O3S. The second-order valence-electron chi connectivity index (χ2n) is 6.05. The number of nitrogens with one attached hydrogen (secondary N) is 1. The van der Waals surface area contributed by atoms with Crippen LogP contribution in [-0.4, -0.2) is 47.6 Å². The van der Waals surface area contributed by atoms with Gasteiger partial charge in [0.25, 0.3) is 0 Å². The fourth-order valence-corrected chi connectivity index (χ4v) is 3.83. The Bertz CT molecular complexity index is 733. The molecule has 0 spiro atoms. The number of nitrogens with zero attached hydrogens (tertiary/aromatic N) is 2. The molecule has 7 heteroatoms. The Balaban J connectivity index is 1.57. The summed E-state index contributed by atoms with van der Waals surface area (Å²) >= 11 is 1.95. The summed E-state index contributed by atoms with van der Waals surface area (Å²) in [7, 11) is 3.46. The molecule has 1 aliphatic rings. The summed E-state index contributed by atoms with van der Waals surface area (Å²) < 4.78 is 10.9. The highest BCUT2D eigenvalue weighted by atomic mass is 32.2. The van der Waals surface area contributed by atoms with Crippen molar-refractivity contribution in [2.75, 3.05) is 31.0 Å². The average molecular weight is 373 g/mol. The van der Waals surface area contributed by atoms with Crippen LogP contribution in [-0.2, 0) is 0 Å². The van der Waals surface area contributed by atoms with Crippen molar-refractivity contribution in [3.8, 4) is 17.4 Å². The minimum absolute atomic E-state index is 0.106. The van der Waals surface area contributed by atoms with E-state index in [9.17, 15) is 4.79 Å². The van der Waals surface area contributed by atoms with Gasteiger partial charge in [-0.1, -0.05) is 6.07 Å². The summed E-state index contributed by atoms with van der Waals surface area (Å²) in [6.07, 6.45) is 3.68. The van der Waals surface area contributed by atoms with E-state index in [0.717, 1.165) is 30.1 Å². The van der Waals surface area contributed by atoms with Crippen LogP contribution in [0.2, 0.25) is 0 Å². The summed E-state index contributed by atoms with van der Waals surface area (Å²) in [5, 5.41) is 2.89. The number of aromatic nitrogens is 1. The zero-order chi connectivity index (χ0) is 18.4. The number of carbonyl (C=O) groups is 1. The molecule has 138 valence electrons. The van der Waals surface area contributed by atoms with Crippen molar-refractivity contribution in [2.45, 2.75) is 18.9 Å². The molecule has 0 unspecified atom stereocenters. The summed E-state index contributed by atoms with van der Waals surface area (Å²) in [4.78, 5) is 18.4. The highest BCUT2D eigenvalue weighted by Crippen LogP contribution is 2.25. The normalized spacial score (nSPS) is 14.5. The van der Waals surface area contributed by atoms with E-state index < -0.39 is 0 Å². The maximum atomic E-state index is 12.4. The molecule has 1 aromatic carbocycles. The van der Waals surface area contributed by atoms with Crippen LogP contribution in [0.4, 0.5) is 10.5 Å². The number of rotatable bonds is 5. The summed E-state index contributed by atoms with van der Waals surface area (Å²) in [5.74, 6) is 4.04. The van der Waals surface area contributed by atoms with Gasteiger partial charge >= 0.3 is 6.03 Å². The van der Waals surface area contributed by atoms with Gasteiger partial charge in [-0.25, -0.2) is 9.78 Å². The molecule has 26 heavy (non-hydrogen) atoms. The maximum absolute atomic E-state index is 12.4. The topological polar surface area (TPSA) is 63.7 Å². The van der Waals surface area contributed by atoms with E-state index in [1.807, 2.05) is 37.0 Å². The highest BCUT2D eigenvalue weighted by Gasteiger charge is 2.22. The van der Waals surface area contributed by atoms with E-state index in [1.165, 1.54) is 0 Å². The Morgan fingerprint density at radius 1 is 1.23 bits per heavy atom. The molecule has 1 fully saturated rings. The van der Waals surface area contributed by atoms with E-state index in [0.29, 0.717) is 23.4 Å². The van der Waals surface area contributed by atoms with Crippen LogP contribution in [0.3, 0.4) is 0 Å². The SMILES string of the molecule is COc1cccc(Oc2ccc(NC(=O)N(C)C3CCSCC3)cn2)c1. The van der Waals surface area contributed by atoms with Crippen LogP contribution in [0.1, 0.15) is 12.8 Å². The predicted molar refractivity (Wildman–Crippen MR) is 104 cm³/mol. The summed E-state index contributed by atoms with van der Waals surface area (Å²) in [6, 6.07) is 11.0. The lowest BCUT2D eigenvalue weighted by Crippen LogP contribution is -2.41. The Kier molecular flexibility index (Phi) is 6.22. The molecule has 1 aromatic heterocycles. The van der Waals surface area contributed by atoms with Crippen molar-refractivity contribution < 1.29 is 14.3 Å². The van der Waals surface area contributed by atoms with Crippen molar-refractivity contribution in [1.82, 2.24) is 9.88 Å². The van der Waals surface area contributed by atoms with Crippen LogP contribution in [0.15, 0.2) is 42.6 Å². The highest BCUT2D eigenvalue weighted by molar-refractivity contribution is 7.99. The van der Waals surface area contributed by atoms with Crippen LogP contribution in [0, 0.1) is 0 Å². The number of hydrogen-bond donors (Lipinski definition) is 1. The zero-order valence-electron chi connectivity index (χ0n) is 15.0. The first-order valence-corrected chi connectivity index (χ1v) is 9.70. The van der Waals surface area contributed by atoms with Crippen LogP contribution in [0.25, 0.3) is 0 Å². The van der Waals surface area contributed by atoms with Gasteiger partial charge < -0.3 is 19.7 Å². The van der Waals surface area contributed by atoms with E-state index in [2.05, 4.69) is 10.3 Å². The Hall–Kier alpha value is -2.41. The third-order valence-electron chi connectivity index (χ3n) is 4.31. The van der Waals surface area contributed by atoms with Gasteiger partial charge in [0.2, 0.25) is 5.88 Å². The minimum atomic E-state index is -0.106. The van der Waals surface area contributed by atoms with Gasteiger partial charge in [-0.15, -0.1) is 0 Å².